The van der Waals surface area contributed by atoms with Gasteiger partial charge in [-0.3, -0.25) is 0 Å². The number of anilines is 1. The summed E-state index contributed by atoms with van der Waals surface area (Å²) in [5.41, 5.74) is 6.86. The fourth-order valence-electron chi connectivity index (χ4n) is 2.08. The molecular formula is C12H14N4. The molecule has 82 valence electrons. The molecule has 0 bridgehead atoms. The highest BCUT2D eigenvalue weighted by atomic mass is 15.3. The lowest BCUT2D eigenvalue weighted by molar-refractivity contribution is 0.360. The number of hydrogen-bond acceptors (Lipinski definition) is 4. The maximum Gasteiger partial charge on any atom is 0.226 e. The van der Waals surface area contributed by atoms with Crippen LogP contribution in [-0.4, -0.2) is 28.6 Å². The quantitative estimate of drug-likeness (QED) is 0.774. The number of rotatable bonds is 1. The van der Waals surface area contributed by atoms with Crippen molar-refractivity contribution in [2.24, 2.45) is 5.73 Å². The van der Waals surface area contributed by atoms with Gasteiger partial charge in [0.05, 0.1) is 5.52 Å². The first kappa shape index (κ1) is 9.54. The lowest BCUT2D eigenvalue weighted by Gasteiger charge is -2.45. The lowest BCUT2D eigenvalue weighted by atomic mass is 9.94. The zero-order valence-electron chi connectivity index (χ0n) is 9.22. The van der Waals surface area contributed by atoms with E-state index < -0.39 is 0 Å². The van der Waals surface area contributed by atoms with Gasteiger partial charge < -0.3 is 10.6 Å². The largest absolute Gasteiger partial charge is 0.337 e. The Bertz CT molecular complexity index is 527. The third kappa shape index (κ3) is 1.51. The molecule has 0 spiro atoms. The molecule has 16 heavy (non-hydrogen) atoms. The molecular weight excluding hydrogens is 200 g/mol. The summed E-state index contributed by atoms with van der Waals surface area (Å²) in [4.78, 5) is 11.0. The summed E-state index contributed by atoms with van der Waals surface area (Å²) in [5.74, 6) is 0.779. The van der Waals surface area contributed by atoms with E-state index in [1.807, 2.05) is 37.4 Å². The van der Waals surface area contributed by atoms with Crippen LogP contribution in [-0.2, 0) is 0 Å². The van der Waals surface area contributed by atoms with Crippen LogP contribution in [0.15, 0.2) is 30.5 Å². The predicted octanol–water partition coefficient (Wildman–Crippen LogP) is 1.17. The van der Waals surface area contributed by atoms with E-state index in [-0.39, 0.29) is 5.54 Å². The Hall–Kier alpha value is -1.68. The summed E-state index contributed by atoms with van der Waals surface area (Å²) in [7, 11) is 0. The molecule has 1 aliphatic heterocycles. The average molecular weight is 214 g/mol. The Labute approximate surface area is 94.1 Å². The number of benzene rings is 1. The van der Waals surface area contributed by atoms with Gasteiger partial charge in [0.25, 0.3) is 0 Å². The zero-order valence-corrected chi connectivity index (χ0v) is 9.22. The number of fused-ring (bicyclic) bond motifs is 1. The number of nitrogens with zero attached hydrogens (tertiary/aromatic N) is 3. The standard InChI is InChI=1S/C12H14N4/c1-12(13)7-16(8-12)11-14-6-9-4-2-3-5-10(9)15-11/h2-6H,7-8,13H2,1H3. The topological polar surface area (TPSA) is 55.0 Å². The van der Waals surface area contributed by atoms with Gasteiger partial charge in [-0.05, 0) is 13.0 Å². The fourth-order valence-corrected chi connectivity index (χ4v) is 2.08. The number of nitrogens with two attached hydrogens (primary N) is 1. The molecule has 0 radical (unpaired) electrons. The van der Waals surface area contributed by atoms with E-state index in [1.54, 1.807) is 0 Å². The SMILES string of the molecule is CC1(N)CN(c2ncc3ccccc3n2)C1. The van der Waals surface area contributed by atoms with Crippen molar-refractivity contribution in [3.63, 3.8) is 0 Å². The summed E-state index contributed by atoms with van der Waals surface area (Å²) in [6.07, 6.45) is 1.86. The van der Waals surface area contributed by atoms with E-state index in [9.17, 15) is 0 Å². The van der Waals surface area contributed by atoms with Gasteiger partial charge in [-0.2, -0.15) is 0 Å². The first-order valence-electron chi connectivity index (χ1n) is 5.40. The van der Waals surface area contributed by atoms with Crippen LogP contribution in [0.2, 0.25) is 0 Å². The second-order valence-corrected chi connectivity index (χ2v) is 4.74. The van der Waals surface area contributed by atoms with Crippen LogP contribution in [0.5, 0.6) is 0 Å². The first-order valence-corrected chi connectivity index (χ1v) is 5.40. The molecule has 1 fully saturated rings. The molecule has 3 rings (SSSR count). The Balaban J connectivity index is 1.94. The molecule has 0 saturated carbocycles. The Morgan fingerprint density at radius 3 is 2.81 bits per heavy atom. The van der Waals surface area contributed by atoms with Crippen molar-refractivity contribution >= 4 is 16.9 Å². The maximum absolute atomic E-state index is 5.96. The van der Waals surface area contributed by atoms with Crippen LogP contribution < -0.4 is 10.6 Å². The Kier molecular flexibility index (Phi) is 1.88. The molecule has 4 nitrogen and oxygen atoms in total. The summed E-state index contributed by atoms with van der Waals surface area (Å²) in [6, 6.07) is 8.00. The lowest BCUT2D eigenvalue weighted by Crippen LogP contribution is -2.66. The monoisotopic (exact) mass is 214 g/mol. The van der Waals surface area contributed by atoms with Gasteiger partial charge in [0, 0.05) is 30.2 Å². The fraction of sp³-hybridized carbons (Fsp3) is 0.333. The molecule has 0 aliphatic carbocycles. The highest BCUT2D eigenvalue weighted by molar-refractivity contribution is 5.78. The zero-order chi connectivity index (χ0) is 11.2. The molecule has 1 aromatic heterocycles. The highest BCUT2D eigenvalue weighted by Gasteiger charge is 2.36. The van der Waals surface area contributed by atoms with Crippen molar-refractivity contribution in [2.45, 2.75) is 12.5 Å². The third-order valence-electron chi connectivity index (χ3n) is 2.86. The number of para-hydroxylation sites is 1. The average Bonchev–Trinajstić information content (AvgIpc) is 2.25. The van der Waals surface area contributed by atoms with Gasteiger partial charge in [0.15, 0.2) is 0 Å². The van der Waals surface area contributed by atoms with Gasteiger partial charge in [-0.25, -0.2) is 9.97 Å². The highest BCUT2D eigenvalue weighted by Crippen LogP contribution is 2.23. The first-order chi connectivity index (χ1) is 7.64. The minimum absolute atomic E-state index is 0.0883. The minimum Gasteiger partial charge on any atom is -0.337 e. The smallest absolute Gasteiger partial charge is 0.226 e. The van der Waals surface area contributed by atoms with E-state index in [4.69, 9.17) is 5.73 Å². The molecule has 4 heteroatoms. The van der Waals surface area contributed by atoms with Gasteiger partial charge in [0.1, 0.15) is 0 Å². The number of hydrogen-bond donors (Lipinski definition) is 1. The van der Waals surface area contributed by atoms with E-state index in [1.165, 1.54) is 0 Å². The predicted molar refractivity (Wildman–Crippen MR) is 64.3 cm³/mol. The van der Waals surface area contributed by atoms with Crippen molar-refractivity contribution in [2.75, 3.05) is 18.0 Å². The molecule has 1 aromatic carbocycles. The summed E-state index contributed by atoms with van der Waals surface area (Å²) < 4.78 is 0. The maximum atomic E-state index is 5.96. The molecule has 1 aliphatic rings. The molecule has 2 heterocycles. The summed E-state index contributed by atoms with van der Waals surface area (Å²) in [5, 5.41) is 1.07. The van der Waals surface area contributed by atoms with Crippen molar-refractivity contribution in [3.05, 3.63) is 30.5 Å². The van der Waals surface area contributed by atoms with Crippen molar-refractivity contribution in [3.8, 4) is 0 Å². The second kappa shape index (κ2) is 3.15. The molecule has 0 amide bonds. The molecule has 2 aromatic rings. The van der Waals surface area contributed by atoms with Crippen LogP contribution in [0.4, 0.5) is 5.95 Å². The minimum atomic E-state index is -0.0883. The van der Waals surface area contributed by atoms with Gasteiger partial charge in [0.2, 0.25) is 5.95 Å². The van der Waals surface area contributed by atoms with Gasteiger partial charge in [-0.1, -0.05) is 18.2 Å². The van der Waals surface area contributed by atoms with Crippen LogP contribution in [0.25, 0.3) is 10.9 Å². The van der Waals surface area contributed by atoms with Gasteiger partial charge in [-0.15, -0.1) is 0 Å². The van der Waals surface area contributed by atoms with Crippen molar-refractivity contribution in [1.82, 2.24) is 9.97 Å². The molecule has 0 unspecified atom stereocenters. The van der Waals surface area contributed by atoms with E-state index in [0.29, 0.717) is 0 Å². The summed E-state index contributed by atoms with van der Waals surface area (Å²) >= 11 is 0. The van der Waals surface area contributed by atoms with Crippen molar-refractivity contribution in [1.29, 1.82) is 0 Å². The molecule has 0 atom stereocenters. The summed E-state index contributed by atoms with van der Waals surface area (Å²) in [6.45, 7) is 3.70. The van der Waals surface area contributed by atoms with E-state index >= 15 is 0 Å². The number of aromatic nitrogens is 2. The Morgan fingerprint density at radius 1 is 1.31 bits per heavy atom. The van der Waals surface area contributed by atoms with Gasteiger partial charge >= 0.3 is 0 Å². The van der Waals surface area contributed by atoms with Crippen LogP contribution in [0.1, 0.15) is 6.92 Å². The normalized spacial score (nSPS) is 18.5. The second-order valence-electron chi connectivity index (χ2n) is 4.74. The third-order valence-corrected chi connectivity index (χ3v) is 2.86. The van der Waals surface area contributed by atoms with Crippen LogP contribution in [0, 0.1) is 0 Å². The van der Waals surface area contributed by atoms with Crippen LogP contribution in [0.3, 0.4) is 0 Å². The van der Waals surface area contributed by atoms with E-state index in [2.05, 4.69) is 14.9 Å². The molecule has 2 N–H and O–H groups in total. The Morgan fingerprint density at radius 2 is 2.06 bits per heavy atom. The molecule has 1 saturated heterocycles. The van der Waals surface area contributed by atoms with Crippen molar-refractivity contribution < 1.29 is 0 Å². The van der Waals surface area contributed by atoms with E-state index in [0.717, 1.165) is 29.9 Å². The van der Waals surface area contributed by atoms with Crippen LogP contribution >= 0.6 is 0 Å².